The number of methoxy groups -OCH3 is 1. The van der Waals surface area contributed by atoms with E-state index in [1.165, 1.54) is 25.3 Å². The number of alkyl halides is 3. The molecule has 0 saturated heterocycles. The molecule has 1 heterocycles. The summed E-state index contributed by atoms with van der Waals surface area (Å²) in [6.45, 7) is 1.56. The number of halogens is 3. The molecule has 0 amide bonds. The number of rotatable bonds is 2. The summed E-state index contributed by atoms with van der Waals surface area (Å²) in [6, 6.07) is 11.8. The van der Waals surface area contributed by atoms with Crippen molar-refractivity contribution >= 4 is 10.9 Å². The van der Waals surface area contributed by atoms with Gasteiger partial charge >= 0.3 is 6.18 Å². The van der Waals surface area contributed by atoms with Crippen LogP contribution in [0.5, 0.6) is 5.75 Å². The molecule has 3 aromatic rings. The van der Waals surface area contributed by atoms with E-state index in [9.17, 15) is 18.0 Å². The van der Waals surface area contributed by atoms with E-state index in [0.29, 0.717) is 16.9 Å². The van der Waals surface area contributed by atoms with E-state index in [1.807, 2.05) is 0 Å². The van der Waals surface area contributed by atoms with Crippen LogP contribution in [0.15, 0.2) is 53.3 Å². The molecule has 0 bridgehead atoms. The molecule has 0 aliphatic heterocycles. The lowest BCUT2D eigenvalue weighted by Crippen LogP contribution is -2.07. The minimum absolute atomic E-state index is 0.0164. The zero-order chi connectivity index (χ0) is 18.2. The Morgan fingerprint density at radius 2 is 1.72 bits per heavy atom. The minimum atomic E-state index is -4.54. The molecular weight excluding hydrogens is 331 g/mol. The number of benzene rings is 2. The maximum Gasteiger partial charge on any atom is 0.417 e. The number of ether oxygens (including phenoxy) is 1. The first kappa shape index (κ1) is 17.0. The molecule has 0 atom stereocenters. The molecule has 6 heteroatoms. The second-order valence-corrected chi connectivity index (χ2v) is 5.56. The van der Waals surface area contributed by atoms with Crippen molar-refractivity contribution in [1.29, 1.82) is 0 Å². The molecule has 0 N–H and O–H groups in total. The molecule has 0 unspecified atom stereocenters. The van der Waals surface area contributed by atoms with Gasteiger partial charge in [-0.3, -0.25) is 4.79 Å². The van der Waals surface area contributed by atoms with Crippen LogP contribution in [0.25, 0.3) is 22.0 Å². The predicted octanol–water partition coefficient (Wildman–Crippen LogP) is 4.60. The molecule has 0 fully saturated rings. The first-order valence-electron chi connectivity index (χ1n) is 7.47. The van der Waals surface area contributed by atoms with Crippen molar-refractivity contribution in [3.63, 3.8) is 0 Å². The van der Waals surface area contributed by atoms with E-state index in [-0.39, 0.29) is 16.5 Å². The molecule has 0 aliphatic rings. The zero-order valence-electron chi connectivity index (χ0n) is 13.5. The molecule has 128 valence electrons. The van der Waals surface area contributed by atoms with E-state index in [2.05, 4.69) is 4.98 Å². The van der Waals surface area contributed by atoms with Crippen molar-refractivity contribution in [3.8, 4) is 16.9 Å². The Bertz CT molecular complexity index is 996. The van der Waals surface area contributed by atoms with Crippen molar-refractivity contribution in [2.45, 2.75) is 13.1 Å². The van der Waals surface area contributed by atoms with Gasteiger partial charge in [0.15, 0.2) is 0 Å². The average molecular weight is 345 g/mol. The highest BCUT2D eigenvalue weighted by Crippen LogP contribution is 2.35. The summed E-state index contributed by atoms with van der Waals surface area (Å²) < 4.78 is 45.1. The summed E-state index contributed by atoms with van der Waals surface area (Å²) in [5.74, 6) is 0.614. The molecule has 3 nitrogen and oxygen atoms in total. The van der Waals surface area contributed by atoms with Gasteiger partial charge in [0.05, 0.1) is 18.2 Å². The van der Waals surface area contributed by atoms with Gasteiger partial charge in [0.1, 0.15) is 5.75 Å². The summed E-state index contributed by atoms with van der Waals surface area (Å²) in [5, 5.41) is -0.106. The maximum atomic E-state index is 13.4. The predicted molar refractivity (Wildman–Crippen MR) is 89.7 cm³/mol. The fourth-order valence-corrected chi connectivity index (χ4v) is 2.68. The quantitative estimate of drug-likeness (QED) is 0.681. The van der Waals surface area contributed by atoms with E-state index in [4.69, 9.17) is 4.74 Å². The lowest BCUT2D eigenvalue weighted by Gasteiger charge is -2.09. The first-order valence-corrected chi connectivity index (χ1v) is 7.47. The van der Waals surface area contributed by atoms with Gasteiger partial charge in [-0.2, -0.15) is 13.2 Å². The van der Waals surface area contributed by atoms with Crippen molar-refractivity contribution in [1.82, 2.24) is 4.98 Å². The second-order valence-electron chi connectivity index (χ2n) is 5.56. The summed E-state index contributed by atoms with van der Waals surface area (Å²) >= 11 is 0. The monoisotopic (exact) mass is 345 g/mol. The summed E-state index contributed by atoms with van der Waals surface area (Å²) in [5.41, 5.74) is -0.0434. The van der Waals surface area contributed by atoms with Gasteiger partial charge in [0.25, 0.3) is 5.56 Å². The smallest absolute Gasteiger partial charge is 0.417 e. The molecule has 3 rings (SSSR count). The van der Waals surface area contributed by atoms with Gasteiger partial charge < -0.3 is 4.74 Å². The Balaban J connectivity index is 2.39. The third-order valence-electron chi connectivity index (χ3n) is 4.03. The topological polar surface area (TPSA) is 39.2 Å². The fraction of sp³-hybridized carbons (Fsp3) is 0.158. The standard InChI is InChI=1S/C19H14F3NO2/c1-11-14(12-6-8-13(25-2)9-7-12)10-15-16(19(20,21)22)4-3-5-17(15)23-18(11)24/h3-10H,1-2H3. The summed E-state index contributed by atoms with van der Waals surface area (Å²) in [6.07, 6.45) is -4.54. The number of hydrogen-bond donors (Lipinski definition) is 0. The molecule has 2 aromatic carbocycles. The van der Waals surface area contributed by atoms with Crippen LogP contribution in [0, 0.1) is 6.92 Å². The molecule has 25 heavy (non-hydrogen) atoms. The molecule has 1 aromatic heterocycles. The summed E-state index contributed by atoms with van der Waals surface area (Å²) in [4.78, 5) is 16.1. The Kier molecular flexibility index (Phi) is 4.20. The average Bonchev–Trinajstić information content (AvgIpc) is 2.71. The normalized spacial score (nSPS) is 11.6. The Labute approximate surface area is 141 Å². The van der Waals surface area contributed by atoms with E-state index in [0.717, 1.165) is 6.07 Å². The van der Waals surface area contributed by atoms with Gasteiger partial charge in [-0.25, -0.2) is 4.98 Å². The van der Waals surface area contributed by atoms with E-state index < -0.39 is 17.3 Å². The van der Waals surface area contributed by atoms with Crippen LogP contribution >= 0.6 is 0 Å². The minimum Gasteiger partial charge on any atom is -0.497 e. The molecular formula is C19H14F3NO2. The number of hydrogen-bond acceptors (Lipinski definition) is 3. The molecule has 0 spiro atoms. The zero-order valence-corrected chi connectivity index (χ0v) is 13.5. The van der Waals surface area contributed by atoms with E-state index in [1.54, 1.807) is 31.2 Å². The number of fused-ring (bicyclic) bond motifs is 1. The number of aromatic nitrogens is 1. The van der Waals surface area contributed by atoms with Crippen LogP contribution in [0.4, 0.5) is 13.2 Å². The molecule has 0 saturated carbocycles. The highest BCUT2D eigenvalue weighted by molar-refractivity contribution is 5.86. The highest BCUT2D eigenvalue weighted by atomic mass is 19.4. The lowest BCUT2D eigenvalue weighted by atomic mass is 10.0. The van der Waals surface area contributed by atoms with Gasteiger partial charge in [0, 0.05) is 10.9 Å². The van der Waals surface area contributed by atoms with Gasteiger partial charge in [-0.05, 0) is 48.4 Å². The third kappa shape index (κ3) is 3.20. The maximum absolute atomic E-state index is 13.4. The van der Waals surface area contributed by atoms with Crippen LogP contribution in [0.1, 0.15) is 11.1 Å². The van der Waals surface area contributed by atoms with Crippen LogP contribution in [-0.2, 0) is 6.18 Å². The largest absolute Gasteiger partial charge is 0.497 e. The van der Waals surface area contributed by atoms with Crippen molar-refractivity contribution in [3.05, 3.63) is 70.0 Å². The van der Waals surface area contributed by atoms with Crippen LogP contribution in [0.3, 0.4) is 0 Å². The second kappa shape index (κ2) is 6.20. The third-order valence-corrected chi connectivity index (χ3v) is 4.03. The van der Waals surface area contributed by atoms with Crippen LogP contribution in [0.2, 0.25) is 0 Å². The number of nitrogens with zero attached hydrogens (tertiary/aromatic N) is 1. The van der Waals surface area contributed by atoms with Crippen molar-refractivity contribution in [2.24, 2.45) is 0 Å². The van der Waals surface area contributed by atoms with Crippen LogP contribution < -0.4 is 10.3 Å². The molecule has 0 aliphatic carbocycles. The Morgan fingerprint density at radius 1 is 1.04 bits per heavy atom. The van der Waals surface area contributed by atoms with E-state index >= 15 is 0 Å². The van der Waals surface area contributed by atoms with Crippen molar-refractivity contribution in [2.75, 3.05) is 7.11 Å². The highest BCUT2D eigenvalue weighted by Gasteiger charge is 2.32. The van der Waals surface area contributed by atoms with Gasteiger partial charge in [0.2, 0.25) is 0 Å². The van der Waals surface area contributed by atoms with Crippen molar-refractivity contribution < 1.29 is 17.9 Å². The summed E-state index contributed by atoms with van der Waals surface area (Å²) in [7, 11) is 1.52. The van der Waals surface area contributed by atoms with Gasteiger partial charge in [-0.1, -0.05) is 18.2 Å². The molecule has 0 radical (unpaired) electrons. The van der Waals surface area contributed by atoms with Gasteiger partial charge in [-0.15, -0.1) is 0 Å². The first-order chi connectivity index (χ1) is 11.8. The lowest BCUT2D eigenvalue weighted by molar-refractivity contribution is -0.136. The Morgan fingerprint density at radius 3 is 2.32 bits per heavy atom. The fourth-order valence-electron chi connectivity index (χ4n) is 2.68. The Hall–Kier alpha value is -2.89. The van der Waals surface area contributed by atoms with Crippen LogP contribution in [-0.4, -0.2) is 12.1 Å². The SMILES string of the molecule is COc1ccc(-c2cc3c(C(F)(F)F)cccc3nc(=O)c2C)cc1.